The van der Waals surface area contributed by atoms with Crippen LogP contribution < -0.4 is 10.6 Å². The van der Waals surface area contributed by atoms with Crippen LogP contribution in [0.5, 0.6) is 0 Å². The standard InChI is InChI=1S/C19H32N2/c1-5-21(18-11-7-6-9-16(18)4)19(14-20)12-8-10-17(13-19)15(2)3/h6-7,9,11,15,17H,5,8,10,12-14,20H2,1-4H3. The lowest BCUT2D eigenvalue weighted by Gasteiger charge is -2.50. The van der Waals surface area contributed by atoms with E-state index in [1.165, 1.54) is 36.9 Å². The third kappa shape index (κ3) is 3.26. The Morgan fingerprint density at radius 1 is 1.33 bits per heavy atom. The summed E-state index contributed by atoms with van der Waals surface area (Å²) in [6.45, 7) is 11.0. The minimum Gasteiger partial charge on any atom is -0.365 e. The zero-order valence-electron chi connectivity index (χ0n) is 14.2. The van der Waals surface area contributed by atoms with Gasteiger partial charge in [0.15, 0.2) is 0 Å². The van der Waals surface area contributed by atoms with Crippen molar-refractivity contribution in [3.05, 3.63) is 29.8 Å². The van der Waals surface area contributed by atoms with Crippen molar-refractivity contribution in [3.63, 3.8) is 0 Å². The first-order valence-corrected chi connectivity index (χ1v) is 8.57. The van der Waals surface area contributed by atoms with Crippen molar-refractivity contribution >= 4 is 5.69 Å². The molecule has 0 heterocycles. The van der Waals surface area contributed by atoms with Gasteiger partial charge in [0.25, 0.3) is 0 Å². The van der Waals surface area contributed by atoms with Crippen molar-refractivity contribution in [1.29, 1.82) is 0 Å². The number of para-hydroxylation sites is 1. The first-order valence-electron chi connectivity index (χ1n) is 8.57. The normalized spacial score (nSPS) is 26.1. The number of benzene rings is 1. The highest BCUT2D eigenvalue weighted by molar-refractivity contribution is 5.55. The lowest BCUT2D eigenvalue weighted by Crippen LogP contribution is -2.57. The topological polar surface area (TPSA) is 29.3 Å². The Kier molecular flexibility index (Phi) is 5.32. The van der Waals surface area contributed by atoms with Gasteiger partial charge in [-0.1, -0.05) is 44.9 Å². The van der Waals surface area contributed by atoms with E-state index in [1.807, 2.05) is 0 Å². The number of nitrogens with zero attached hydrogens (tertiary/aromatic N) is 1. The Morgan fingerprint density at radius 2 is 2.05 bits per heavy atom. The van der Waals surface area contributed by atoms with Crippen LogP contribution in [0.1, 0.15) is 52.0 Å². The average Bonchev–Trinajstić information content (AvgIpc) is 2.50. The van der Waals surface area contributed by atoms with E-state index in [0.29, 0.717) is 0 Å². The molecule has 0 spiro atoms. The predicted molar refractivity (Wildman–Crippen MR) is 92.8 cm³/mol. The van der Waals surface area contributed by atoms with Crippen molar-refractivity contribution in [2.24, 2.45) is 17.6 Å². The van der Waals surface area contributed by atoms with Crippen molar-refractivity contribution in [2.45, 2.75) is 58.9 Å². The maximum Gasteiger partial charge on any atom is 0.0526 e. The molecule has 1 aromatic rings. The van der Waals surface area contributed by atoms with E-state index in [9.17, 15) is 0 Å². The molecule has 0 saturated heterocycles. The quantitative estimate of drug-likeness (QED) is 0.872. The average molecular weight is 288 g/mol. The fourth-order valence-corrected chi connectivity index (χ4v) is 4.12. The minimum absolute atomic E-state index is 0.147. The van der Waals surface area contributed by atoms with Crippen LogP contribution in [0, 0.1) is 18.8 Å². The fourth-order valence-electron chi connectivity index (χ4n) is 4.12. The van der Waals surface area contributed by atoms with E-state index < -0.39 is 0 Å². The first kappa shape index (κ1) is 16.4. The van der Waals surface area contributed by atoms with Crippen LogP contribution >= 0.6 is 0 Å². The molecular weight excluding hydrogens is 256 g/mol. The zero-order valence-corrected chi connectivity index (χ0v) is 14.2. The molecule has 2 nitrogen and oxygen atoms in total. The summed E-state index contributed by atoms with van der Waals surface area (Å²) in [6.07, 6.45) is 5.14. The van der Waals surface area contributed by atoms with E-state index in [4.69, 9.17) is 5.73 Å². The first-order chi connectivity index (χ1) is 10.0. The number of hydrogen-bond donors (Lipinski definition) is 1. The van der Waals surface area contributed by atoms with Crippen LogP contribution in [0.15, 0.2) is 24.3 Å². The van der Waals surface area contributed by atoms with Gasteiger partial charge in [0.05, 0.1) is 5.54 Å². The summed E-state index contributed by atoms with van der Waals surface area (Å²) in [7, 11) is 0. The molecule has 0 bridgehead atoms. The number of aryl methyl sites for hydroxylation is 1. The van der Waals surface area contributed by atoms with Gasteiger partial charge in [-0.3, -0.25) is 0 Å². The van der Waals surface area contributed by atoms with Crippen LogP contribution in [0.25, 0.3) is 0 Å². The molecule has 0 aliphatic heterocycles. The Balaban J connectivity index is 2.35. The van der Waals surface area contributed by atoms with Crippen LogP contribution in [-0.2, 0) is 0 Å². The Bertz CT molecular complexity index is 455. The molecule has 1 saturated carbocycles. The molecule has 0 radical (unpaired) electrons. The summed E-state index contributed by atoms with van der Waals surface area (Å²) < 4.78 is 0. The second-order valence-electron chi connectivity index (χ2n) is 7.06. The third-order valence-corrected chi connectivity index (χ3v) is 5.48. The minimum atomic E-state index is 0.147. The summed E-state index contributed by atoms with van der Waals surface area (Å²) in [5.41, 5.74) is 9.20. The third-order valence-electron chi connectivity index (χ3n) is 5.48. The van der Waals surface area contributed by atoms with E-state index in [0.717, 1.165) is 24.9 Å². The Labute approximate surface area is 130 Å². The number of rotatable bonds is 5. The summed E-state index contributed by atoms with van der Waals surface area (Å²) in [6, 6.07) is 8.75. The summed E-state index contributed by atoms with van der Waals surface area (Å²) in [5.74, 6) is 1.56. The summed E-state index contributed by atoms with van der Waals surface area (Å²) in [5, 5.41) is 0. The van der Waals surface area contributed by atoms with Gasteiger partial charge in [-0.25, -0.2) is 0 Å². The highest BCUT2D eigenvalue weighted by Crippen LogP contribution is 2.42. The lowest BCUT2D eigenvalue weighted by molar-refractivity contribution is 0.179. The molecule has 21 heavy (non-hydrogen) atoms. The van der Waals surface area contributed by atoms with Gasteiger partial charge >= 0.3 is 0 Å². The number of anilines is 1. The van der Waals surface area contributed by atoms with E-state index in [1.54, 1.807) is 0 Å². The van der Waals surface area contributed by atoms with Gasteiger partial charge in [-0.15, -0.1) is 0 Å². The van der Waals surface area contributed by atoms with Gasteiger partial charge in [0.1, 0.15) is 0 Å². The van der Waals surface area contributed by atoms with Gasteiger partial charge in [0.2, 0.25) is 0 Å². The molecule has 0 aromatic heterocycles. The fraction of sp³-hybridized carbons (Fsp3) is 0.684. The molecule has 1 fully saturated rings. The molecular formula is C19H32N2. The highest BCUT2D eigenvalue weighted by Gasteiger charge is 2.40. The van der Waals surface area contributed by atoms with Crippen molar-refractivity contribution in [2.75, 3.05) is 18.0 Å². The molecule has 2 rings (SSSR count). The summed E-state index contributed by atoms with van der Waals surface area (Å²) >= 11 is 0. The molecule has 0 amide bonds. The van der Waals surface area contributed by atoms with E-state index in [-0.39, 0.29) is 5.54 Å². The molecule has 2 heteroatoms. The van der Waals surface area contributed by atoms with Crippen LogP contribution in [0.2, 0.25) is 0 Å². The maximum absolute atomic E-state index is 6.32. The van der Waals surface area contributed by atoms with Gasteiger partial charge in [-0.05, 0) is 50.2 Å². The Morgan fingerprint density at radius 3 is 2.62 bits per heavy atom. The number of likely N-dealkylation sites (N-methyl/N-ethyl adjacent to an activating group) is 1. The molecule has 2 unspecified atom stereocenters. The molecule has 1 aromatic carbocycles. The van der Waals surface area contributed by atoms with Gasteiger partial charge < -0.3 is 10.6 Å². The van der Waals surface area contributed by atoms with E-state index in [2.05, 4.69) is 56.9 Å². The molecule has 118 valence electrons. The van der Waals surface area contributed by atoms with Crippen LogP contribution in [-0.4, -0.2) is 18.6 Å². The summed E-state index contributed by atoms with van der Waals surface area (Å²) in [4.78, 5) is 2.59. The molecule has 2 atom stereocenters. The van der Waals surface area contributed by atoms with Crippen LogP contribution in [0.3, 0.4) is 0 Å². The molecule has 2 N–H and O–H groups in total. The van der Waals surface area contributed by atoms with Crippen molar-refractivity contribution in [1.82, 2.24) is 0 Å². The smallest absolute Gasteiger partial charge is 0.0526 e. The second kappa shape index (κ2) is 6.83. The second-order valence-corrected chi connectivity index (χ2v) is 7.06. The van der Waals surface area contributed by atoms with Gasteiger partial charge in [-0.2, -0.15) is 0 Å². The lowest BCUT2D eigenvalue weighted by atomic mass is 9.70. The highest BCUT2D eigenvalue weighted by atomic mass is 15.2. The largest absolute Gasteiger partial charge is 0.365 e. The SMILES string of the molecule is CCN(c1ccccc1C)C1(CN)CCCC(C(C)C)C1. The van der Waals surface area contributed by atoms with E-state index >= 15 is 0 Å². The van der Waals surface area contributed by atoms with Crippen molar-refractivity contribution < 1.29 is 0 Å². The zero-order chi connectivity index (χ0) is 15.5. The van der Waals surface area contributed by atoms with Crippen molar-refractivity contribution in [3.8, 4) is 0 Å². The number of hydrogen-bond acceptors (Lipinski definition) is 2. The number of nitrogens with two attached hydrogens (primary N) is 1. The van der Waals surface area contributed by atoms with Gasteiger partial charge in [0, 0.05) is 18.8 Å². The Hall–Kier alpha value is -1.02. The molecule has 1 aliphatic rings. The van der Waals surface area contributed by atoms with Crippen LogP contribution in [0.4, 0.5) is 5.69 Å². The maximum atomic E-state index is 6.32. The predicted octanol–water partition coefficient (Wildman–Crippen LogP) is 4.37. The molecule has 1 aliphatic carbocycles. The monoisotopic (exact) mass is 288 g/mol.